The van der Waals surface area contributed by atoms with E-state index in [4.69, 9.17) is 9.47 Å². The molecule has 0 unspecified atom stereocenters. The molecule has 0 bridgehead atoms. The molecule has 0 saturated carbocycles. The van der Waals surface area contributed by atoms with Gasteiger partial charge in [0.1, 0.15) is 30.0 Å². The summed E-state index contributed by atoms with van der Waals surface area (Å²) < 4.78 is 26.6. The third kappa shape index (κ3) is 6.65. The Labute approximate surface area is 214 Å². The Morgan fingerprint density at radius 3 is 2.84 bits per heavy atom. The molecule has 1 aliphatic rings. The lowest BCUT2D eigenvalue weighted by Gasteiger charge is -2.21. The minimum Gasteiger partial charge on any atom is -0.494 e. The van der Waals surface area contributed by atoms with Crippen molar-refractivity contribution < 1.29 is 28.6 Å². The topological polar surface area (TPSA) is 106 Å². The predicted molar refractivity (Wildman–Crippen MR) is 136 cm³/mol. The number of nitrogens with one attached hydrogen (secondary N) is 1. The highest BCUT2D eigenvalue weighted by Crippen LogP contribution is 2.34. The Morgan fingerprint density at radius 1 is 1.30 bits per heavy atom. The number of hydrogen-bond donors (Lipinski definition) is 2. The number of anilines is 1. The molecule has 4 rings (SSSR count). The standard InChI is InChI=1S/C27H31FN4O5/c1-27(2,35)11-6-12-36-20-9-10-24-23(14-20)31(3)25(33)22(17-37-24)30-26(34)32-16-18(15-29-32)13-19-7-4-5-8-21(19)28/h4-5,7-10,14-16,22,35H,6,11-13,17H2,1-3H3,(H,30,34)/t22-/m0/s1. The fourth-order valence-corrected chi connectivity index (χ4v) is 4.01. The summed E-state index contributed by atoms with van der Waals surface area (Å²) in [6.45, 7) is 3.86. The monoisotopic (exact) mass is 510 g/mol. The smallest absolute Gasteiger partial charge is 0.342 e. The summed E-state index contributed by atoms with van der Waals surface area (Å²) in [4.78, 5) is 27.4. The zero-order chi connectivity index (χ0) is 26.6. The zero-order valence-corrected chi connectivity index (χ0v) is 21.1. The Hall–Kier alpha value is -3.92. The molecule has 0 fully saturated rings. The average molecular weight is 511 g/mol. The van der Waals surface area contributed by atoms with Gasteiger partial charge in [-0.3, -0.25) is 4.79 Å². The van der Waals surface area contributed by atoms with Crippen LogP contribution in [0.2, 0.25) is 0 Å². The number of rotatable bonds is 8. The van der Waals surface area contributed by atoms with Gasteiger partial charge in [-0.25, -0.2) is 9.18 Å². The van der Waals surface area contributed by atoms with Crippen molar-refractivity contribution >= 4 is 17.6 Å². The van der Waals surface area contributed by atoms with Crippen LogP contribution in [0.15, 0.2) is 54.9 Å². The lowest BCUT2D eigenvalue weighted by Crippen LogP contribution is -2.50. The van der Waals surface area contributed by atoms with Crippen molar-refractivity contribution in [1.29, 1.82) is 0 Å². The molecule has 1 aliphatic heterocycles. The zero-order valence-electron chi connectivity index (χ0n) is 21.1. The molecule has 196 valence electrons. The molecular weight excluding hydrogens is 479 g/mol. The van der Waals surface area contributed by atoms with E-state index in [1.165, 1.54) is 23.4 Å². The molecule has 2 aromatic carbocycles. The molecule has 10 heteroatoms. The third-order valence-electron chi connectivity index (χ3n) is 6.02. The van der Waals surface area contributed by atoms with Gasteiger partial charge in [-0.2, -0.15) is 9.78 Å². The van der Waals surface area contributed by atoms with E-state index in [9.17, 15) is 19.1 Å². The Kier molecular flexibility index (Phi) is 7.77. The second kappa shape index (κ2) is 11.0. The van der Waals surface area contributed by atoms with Gasteiger partial charge >= 0.3 is 6.03 Å². The Bertz CT molecular complexity index is 1270. The molecule has 9 nitrogen and oxygen atoms in total. The number of amides is 2. The van der Waals surface area contributed by atoms with Crippen LogP contribution in [0.3, 0.4) is 0 Å². The van der Waals surface area contributed by atoms with E-state index in [-0.39, 0.29) is 24.8 Å². The van der Waals surface area contributed by atoms with E-state index < -0.39 is 17.7 Å². The molecule has 0 aliphatic carbocycles. The van der Waals surface area contributed by atoms with E-state index >= 15 is 0 Å². The molecule has 2 N–H and O–H groups in total. The number of benzene rings is 2. The number of aliphatic hydroxyl groups is 1. The van der Waals surface area contributed by atoms with Gasteiger partial charge in [-0.15, -0.1) is 0 Å². The van der Waals surface area contributed by atoms with Gasteiger partial charge in [0.25, 0.3) is 5.91 Å². The van der Waals surface area contributed by atoms with Gasteiger partial charge in [0.15, 0.2) is 0 Å². The number of halogens is 1. The molecule has 37 heavy (non-hydrogen) atoms. The molecule has 1 atom stereocenters. The number of aromatic nitrogens is 2. The van der Waals surface area contributed by atoms with Crippen molar-refractivity contribution in [2.75, 3.05) is 25.2 Å². The first-order valence-corrected chi connectivity index (χ1v) is 12.1. The number of nitrogens with zero attached hydrogens (tertiary/aromatic N) is 3. The fraction of sp³-hybridized carbons (Fsp3) is 0.370. The number of fused-ring (bicyclic) bond motifs is 1. The number of carbonyl (C=O) groups is 2. The first-order valence-electron chi connectivity index (χ1n) is 12.1. The van der Waals surface area contributed by atoms with Crippen LogP contribution in [0.25, 0.3) is 0 Å². The van der Waals surface area contributed by atoms with E-state index in [1.54, 1.807) is 57.3 Å². The Morgan fingerprint density at radius 2 is 2.08 bits per heavy atom. The fourth-order valence-electron chi connectivity index (χ4n) is 4.01. The number of hydrogen-bond acceptors (Lipinski definition) is 6. The maximum atomic E-state index is 13.9. The second-order valence-corrected chi connectivity index (χ2v) is 9.67. The van der Waals surface area contributed by atoms with Crippen molar-refractivity contribution in [3.63, 3.8) is 0 Å². The molecule has 2 heterocycles. The van der Waals surface area contributed by atoms with Crippen LogP contribution in [0.4, 0.5) is 14.9 Å². The summed E-state index contributed by atoms with van der Waals surface area (Å²) in [5.41, 5.74) is 0.917. The maximum Gasteiger partial charge on any atom is 0.342 e. The predicted octanol–water partition coefficient (Wildman–Crippen LogP) is 3.52. The van der Waals surface area contributed by atoms with Gasteiger partial charge in [0, 0.05) is 25.7 Å². The van der Waals surface area contributed by atoms with E-state index in [0.29, 0.717) is 47.8 Å². The molecule has 1 aromatic heterocycles. The summed E-state index contributed by atoms with van der Waals surface area (Å²) in [6, 6.07) is 10.1. The van der Waals surface area contributed by atoms with Crippen molar-refractivity contribution in [3.05, 3.63) is 71.8 Å². The van der Waals surface area contributed by atoms with Crippen LogP contribution in [0.5, 0.6) is 11.5 Å². The summed E-state index contributed by atoms with van der Waals surface area (Å²) in [7, 11) is 1.60. The molecule has 2 amide bonds. The van der Waals surface area contributed by atoms with Gasteiger partial charge < -0.3 is 24.8 Å². The van der Waals surface area contributed by atoms with Crippen LogP contribution in [-0.4, -0.2) is 58.7 Å². The van der Waals surface area contributed by atoms with Crippen molar-refractivity contribution in [2.24, 2.45) is 0 Å². The lowest BCUT2D eigenvalue weighted by atomic mass is 10.0. The lowest BCUT2D eigenvalue weighted by molar-refractivity contribution is -0.120. The van der Waals surface area contributed by atoms with Crippen LogP contribution in [-0.2, 0) is 11.2 Å². The molecule has 3 aromatic rings. The van der Waals surface area contributed by atoms with Crippen LogP contribution >= 0.6 is 0 Å². The number of likely N-dealkylation sites (N-methyl/N-ethyl adjacent to an activating group) is 1. The quantitative estimate of drug-likeness (QED) is 0.449. The van der Waals surface area contributed by atoms with Gasteiger partial charge in [-0.05, 0) is 56.0 Å². The van der Waals surface area contributed by atoms with Crippen molar-refractivity contribution in [2.45, 2.75) is 44.8 Å². The first kappa shape index (κ1) is 26.2. The summed E-state index contributed by atoms with van der Waals surface area (Å²) >= 11 is 0. The van der Waals surface area contributed by atoms with Gasteiger partial charge in [0.05, 0.1) is 24.1 Å². The van der Waals surface area contributed by atoms with Crippen LogP contribution in [0, 0.1) is 5.82 Å². The molecule has 0 saturated heterocycles. The third-order valence-corrected chi connectivity index (χ3v) is 6.02. The SMILES string of the molecule is CN1C(=O)[C@@H](NC(=O)n2cc(Cc3ccccc3F)cn2)COc2ccc(OCCCC(C)(C)O)cc21. The number of carbonyl (C=O) groups excluding carboxylic acids is 2. The first-order chi connectivity index (χ1) is 17.6. The summed E-state index contributed by atoms with van der Waals surface area (Å²) in [5.74, 6) is 0.373. The minimum absolute atomic E-state index is 0.0585. The highest BCUT2D eigenvalue weighted by atomic mass is 19.1. The number of ether oxygens (including phenoxy) is 2. The Balaban J connectivity index is 1.38. The highest BCUT2D eigenvalue weighted by Gasteiger charge is 2.31. The van der Waals surface area contributed by atoms with Crippen LogP contribution in [0.1, 0.15) is 37.8 Å². The van der Waals surface area contributed by atoms with E-state index in [2.05, 4.69) is 10.4 Å². The largest absolute Gasteiger partial charge is 0.494 e. The average Bonchev–Trinajstić information content (AvgIpc) is 3.29. The molecule has 0 radical (unpaired) electrons. The van der Waals surface area contributed by atoms with Gasteiger partial charge in [0.2, 0.25) is 0 Å². The van der Waals surface area contributed by atoms with Crippen molar-refractivity contribution in [3.8, 4) is 11.5 Å². The highest BCUT2D eigenvalue weighted by molar-refractivity contribution is 6.00. The maximum absolute atomic E-state index is 13.9. The van der Waals surface area contributed by atoms with Gasteiger partial charge in [-0.1, -0.05) is 18.2 Å². The van der Waals surface area contributed by atoms with E-state index in [1.807, 2.05) is 0 Å². The summed E-state index contributed by atoms with van der Waals surface area (Å²) in [6.07, 6.45) is 4.55. The normalized spacial score (nSPS) is 15.5. The minimum atomic E-state index is -0.944. The van der Waals surface area contributed by atoms with Crippen molar-refractivity contribution in [1.82, 2.24) is 15.1 Å². The second-order valence-electron chi connectivity index (χ2n) is 9.67. The van der Waals surface area contributed by atoms with E-state index in [0.717, 1.165) is 4.68 Å². The molecule has 0 spiro atoms. The van der Waals surface area contributed by atoms with Crippen LogP contribution < -0.4 is 19.7 Å². The summed E-state index contributed by atoms with van der Waals surface area (Å²) in [5, 5.41) is 16.6. The molecular formula is C27H31FN4O5.